The van der Waals surface area contributed by atoms with Gasteiger partial charge in [0.2, 0.25) is 0 Å². The van der Waals surface area contributed by atoms with Crippen molar-refractivity contribution in [1.82, 2.24) is 0 Å². The summed E-state index contributed by atoms with van der Waals surface area (Å²) < 4.78 is 0. The monoisotopic (exact) mass is 232 g/mol. The van der Waals surface area contributed by atoms with Gasteiger partial charge in [-0.3, -0.25) is 0 Å². The van der Waals surface area contributed by atoms with Crippen LogP contribution < -0.4 is 0 Å². The van der Waals surface area contributed by atoms with Crippen LogP contribution in [0.5, 0.6) is 0 Å². The van der Waals surface area contributed by atoms with Crippen molar-refractivity contribution in [1.29, 1.82) is 0 Å². The standard InChI is InChI=1S/C16H24O/c1-11-7-8-15(13(3)10-11)16(17)9-5-6-12(2)14(16)4/h7-8,10,12,14,17H,5-6,9H2,1-4H3. The Balaban J connectivity index is 2.42. The van der Waals surface area contributed by atoms with Crippen molar-refractivity contribution in [3.8, 4) is 0 Å². The Bertz CT molecular complexity index is 410. The Hall–Kier alpha value is -0.820. The van der Waals surface area contributed by atoms with Gasteiger partial charge in [0, 0.05) is 0 Å². The van der Waals surface area contributed by atoms with Crippen LogP contribution in [0.15, 0.2) is 18.2 Å². The smallest absolute Gasteiger partial charge is 0.0927 e. The summed E-state index contributed by atoms with van der Waals surface area (Å²) in [5.41, 5.74) is 3.03. The summed E-state index contributed by atoms with van der Waals surface area (Å²) in [7, 11) is 0. The first-order valence-electron chi connectivity index (χ1n) is 6.75. The Morgan fingerprint density at radius 1 is 1.24 bits per heavy atom. The molecule has 0 saturated heterocycles. The summed E-state index contributed by atoms with van der Waals surface area (Å²) in [6.45, 7) is 8.68. The predicted molar refractivity (Wildman–Crippen MR) is 72.0 cm³/mol. The molecule has 3 atom stereocenters. The highest BCUT2D eigenvalue weighted by atomic mass is 16.3. The zero-order valence-corrected chi connectivity index (χ0v) is 11.5. The number of benzene rings is 1. The summed E-state index contributed by atoms with van der Waals surface area (Å²) in [5, 5.41) is 11.1. The van der Waals surface area contributed by atoms with Crippen molar-refractivity contribution in [2.24, 2.45) is 11.8 Å². The Morgan fingerprint density at radius 2 is 1.94 bits per heavy atom. The van der Waals surface area contributed by atoms with Crippen LogP contribution in [0.4, 0.5) is 0 Å². The summed E-state index contributed by atoms with van der Waals surface area (Å²) in [6.07, 6.45) is 3.28. The lowest BCUT2D eigenvalue weighted by Crippen LogP contribution is -2.40. The van der Waals surface area contributed by atoms with E-state index in [1.54, 1.807) is 0 Å². The summed E-state index contributed by atoms with van der Waals surface area (Å²) in [6, 6.07) is 6.42. The van der Waals surface area contributed by atoms with Gasteiger partial charge >= 0.3 is 0 Å². The molecule has 0 aliphatic heterocycles. The zero-order valence-electron chi connectivity index (χ0n) is 11.5. The van der Waals surface area contributed by atoms with Crippen LogP contribution in [-0.4, -0.2) is 5.11 Å². The highest BCUT2D eigenvalue weighted by Gasteiger charge is 2.41. The van der Waals surface area contributed by atoms with Gasteiger partial charge in [0.15, 0.2) is 0 Å². The minimum atomic E-state index is -0.616. The van der Waals surface area contributed by atoms with E-state index in [2.05, 4.69) is 45.9 Å². The lowest BCUT2D eigenvalue weighted by molar-refractivity contribution is -0.0692. The van der Waals surface area contributed by atoms with Gasteiger partial charge < -0.3 is 5.11 Å². The number of hydrogen-bond acceptors (Lipinski definition) is 1. The molecule has 1 saturated carbocycles. The first-order valence-corrected chi connectivity index (χ1v) is 6.75. The molecule has 0 heterocycles. The maximum atomic E-state index is 11.1. The molecule has 1 aromatic carbocycles. The lowest BCUT2D eigenvalue weighted by Gasteiger charge is -2.43. The fourth-order valence-electron chi connectivity index (χ4n) is 3.32. The van der Waals surface area contributed by atoms with E-state index in [4.69, 9.17) is 0 Å². The van der Waals surface area contributed by atoms with E-state index in [9.17, 15) is 5.11 Å². The van der Waals surface area contributed by atoms with E-state index in [-0.39, 0.29) is 0 Å². The molecular formula is C16H24O. The molecule has 1 nitrogen and oxygen atoms in total. The topological polar surface area (TPSA) is 20.2 Å². The molecule has 0 bridgehead atoms. The molecule has 2 rings (SSSR count). The van der Waals surface area contributed by atoms with Crippen molar-refractivity contribution < 1.29 is 5.11 Å². The van der Waals surface area contributed by atoms with E-state index < -0.39 is 5.60 Å². The molecule has 1 aliphatic carbocycles. The second-order valence-corrected chi connectivity index (χ2v) is 5.90. The molecule has 1 heteroatoms. The highest BCUT2D eigenvalue weighted by molar-refractivity contribution is 5.35. The van der Waals surface area contributed by atoms with Crippen molar-refractivity contribution in [3.63, 3.8) is 0 Å². The molecule has 94 valence electrons. The molecule has 0 radical (unpaired) electrons. The van der Waals surface area contributed by atoms with Gasteiger partial charge in [0.25, 0.3) is 0 Å². The molecular weight excluding hydrogens is 208 g/mol. The molecule has 3 unspecified atom stereocenters. The summed E-state index contributed by atoms with van der Waals surface area (Å²) in [5.74, 6) is 0.951. The van der Waals surface area contributed by atoms with E-state index in [1.807, 2.05) is 0 Å². The normalized spacial score (nSPS) is 33.7. The van der Waals surface area contributed by atoms with Gasteiger partial charge in [-0.05, 0) is 49.7 Å². The zero-order chi connectivity index (χ0) is 12.6. The highest BCUT2D eigenvalue weighted by Crippen LogP contribution is 2.45. The second-order valence-electron chi connectivity index (χ2n) is 5.90. The van der Waals surface area contributed by atoms with Crippen LogP contribution in [0.1, 0.15) is 49.8 Å². The Labute approximate surface area is 105 Å². The molecule has 1 N–H and O–H groups in total. The number of rotatable bonds is 1. The van der Waals surface area contributed by atoms with E-state index in [1.165, 1.54) is 17.5 Å². The molecule has 1 aliphatic rings. The maximum Gasteiger partial charge on any atom is 0.0927 e. The molecule has 1 aromatic rings. The van der Waals surface area contributed by atoms with Gasteiger partial charge in [-0.15, -0.1) is 0 Å². The van der Waals surface area contributed by atoms with Gasteiger partial charge in [0.05, 0.1) is 5.60 Å². The average Bonchev–Trinajstić information content (AvgIpc) is 2.25. The minimum Gasteiger partial charge on any atom is -0.385 e. The maximum absolute atomic E-state index is 11.1. The van der Waals surface area contributed by atoms with Crippen LogP contribution in [0.2, 0.25) is 0 Å². The average molecular weight is 232 g/mol. The SMILES string of the molecule is Cc1ccc(C2(O)CCCC(C)C2C)c(C)c1. The molecule has 1 fully saturated rings. The van der Waals surface area contributed by atoms with Crippen LogP contribution in [0.3, 0.4) is 0 Å². The van der Waals surface area contributed by atoms with Crippen LogP contribution >= 0.6 is 0 Å². The fourth-order valence-corrected chi connectivity index (χ4v) is 3.32. The van der Waals surface area contributed by atoms with Gasteiger partial charge in [-0.25, -0.2) is 0 Å². The summed E-state index contributed by atoms with van der Waals surface area (Å²) in [4.78, 5) is 0. The van der Waals surface area contributed by atoms with Gasteiger partial charge in [-0.2, -0.15) is 0 Å². The van der Waals surface area contributed by atoms with Crippen molar-refractivity contribution in [2.75, 3.05) is 0 Å². The first kappa shape index (κ1) is 12.6. The largest absolute Gasteiger partial charge is 0.385 e. The molecule has 0 amide bonds. The molecule has 17 heavy (non-hydrogen) atoms. The van der Waals surface area contributed by atoms with Crippen molar-refractivity contribution in [3.05, 3.63) is 34.9 Å². The van der Waals surface area contributed by atoms with E-state index in [0.717, 1.165) is 18.4 Å². The second kappa shape index (κ2) is 4.45. The number of aryl methyl sites for hydroxylation is 2. The number of aliphatic hydroxyl groups is 1. The quantitative estimate of drug-likeness (QED) is 0.777. The van der Waals surface area contributed by atoms with Gasteiger partial charge in [0.1, 0.15) is 0 Å². The van der Waals surface area contributed by atoms with E-state index in [0.29, 0.717) is 11.8 Å². The van der Waals surface area contributed by atoms with Crippen molar-refractivity contribution >= 4 is 0 Å². The lowest BCUT2D eigenvalue weighted by atomic mass is 9.67. The van der Waals surface area contributed by atoms with Crippen LogP contribution in [0, 0.1) is 25.7 Å². The van der Waals surface area contributed by atoms with E-state index >= 15 is 0 Å². The third-order valence-electron chi connectivity index (χ3n) is 4.67. The Kier molecular flexibility index (Phi) is 3.31. The minimum absolute atomic E-state index is 0.345. The third-order valence-corrected chi connectivity index (χ3v) is 4.67. The number of hydrogen-bond donors (Lipinski definition) is 1. The predicted octanol–water partition coefficient (Wildman–Crippen LogP) is 3.95. The molecule has 0 spiro atoms. The summed E-state index contributed by atoms with van der Waals surface area (Å²) >= 11 is 0. The Morgan fingerprint density at radius 3 is 2.59 bits per heavy atom. The van der Waals surface area contributed by atoms with Crippen LogP contribution in [-0.2, 0) is 5.60 Å². The first-order chi connectivity index (χ1) is 7.95. The fraction of sp³-hybridized carbons (Fsp3) is 0.625. The van der Waals surface area contributed by atoms with Gasteiger partial charge in [-0.1, -0.05) is 44.0 Å². The third kappa shape index (κ3) is 2.13. The van der Waals surface area contributed by atoms with Crippen molar-refractivity contribution in [2.45, 2.75) is 52.6 Å². The van der Waals surface area contributed by atoms with Crippen LogP contribution in [0.25, 0.3) is 0 Å². The molecule has 0 aromatic heterocycles.